The first kappa shape index (κ1) is 16.6. The number of sulfone groups is 1. The third kappa shape index (κ3) is 4.03. The highest BCUT2D eigenvalue weighted by Gasteiger charge is 2.37. The molecule has 0 fully saturated rings. The van der Waals surface area contributed by atoms with E-state index >= 15 is 0 Å². The summed E-state index contributed by atoms with van der Waals surface area (Å²) in [6.45, 7) is 3.57. The van der Waals surface area contributed by atoms with E-state index < -0.39 is 21.4 Å². The summed E-state index contributed by atoms with van der Waals surface area (Å²) in [5.74, 6) is -2.46. The van der Waals surface area contributed by atoms with Crippen molar-refractivity contribution in [3.8, 4) is 5.75 Å². The molecule has 0 bridgehead atoms. The Morgan fingerprint density at radius 1 is 1.15 bits per heavy atom. The molecule has 112 valence electrons. The zero-order valence-electron chi connectivity index (χ0n) is 11.4. The van der Waals surface area contributed by atoms with Crippen molar-refractivity contribution in [1.82, 2.24) is 0 Å². The molecule has 1 aromatic carbocycles. The molecule has 1 N–H and O–H groups in total. The van der Waals surface area contributed by atoms with Crippen LogP contribution >= 0.6 is 0 Å². The second-order valence-corrected chi connectivity index (χ2v) is 6.04. The summed E-state index contributed by atoms with van der Waals surface area (Å²) >= 11 is 0. The Morgan fingerprint density at radius 3 is 2.05 bits per heavy atom. The van der Waals surface area contributed by atoms with Crippen molar-refractivity contribution in [2.24, 2.45) is 0 Å². The highest BCUT2D eigenvalue weighted by atomic mass is 32.2. The first-order chi connectivity index (χ1) is 9.39. The summed E-state index contributed by atoms with van der Waals surface area (Å²) in [5, 5.41) is 9.17. The third-order valence-electron chi connectivity index (χ3n) is 2.54. The number of carbonyl (C=O) groups excluding carboxylic acids is 1. The van der Waals surface area contributed by atoms with Gasteiger partial charge in [-0.05, 0) is 38.1 Å². The molecule has 0 spiro atoms. The van der Waals surface area contributed by atoms with Crippen LogP contribution in [0.1, 0.15) is 13.8 Å². The topological polar surface area (TPSA) is 89.9 Å². The molecular weight excluding hydrogens is 284 g/mol. The van der Waals surface area contributed by atoms with Crippen LogP contribution in [-0.2, 0) is 24.1 Å². The van der Waals surface area contributed by atoms with Crippen LogP contribution in [-0.4, -0.2) is 44.6 Å². The number of aldehydes is 1. The molecule has 0 amide bonds. The number of phenolic OH excluding ortho intramolecular Hbond substituents is 1. The van der Waals surface area contributed by atoms with Crippen molar-refractivity contribution in [1.29, 1.82) is 0 Å². The van der Waals surface area contributed by atoms with E-state index in [1.165, 1.54) is 24.3 Å². The quantitative estimate of drug-likeness (QED) is 0.572. The molecule has 7 heteroatoms. The molecule has 0 saturated carbocycles. The molecule has 1 aromatic rings. The van der Waals surface area contributed by atoms with E-state index in [0.29, 0.717) is 6.29 Å². The van der Waals surface area contributed by atoms with E-state index in [0.717, 1.165) is 0 Å². The average Bonchev–Trinajstić information content (AvgIpc) is 2.39. The fraction of sp³-hybridized carbons (Fsp3) is 0.462. The largest absolute Gasteiger partial charge is 0.508 e. The Hall–Kier alpha value is -1.44. The first-order valence-corrected chi connectivity index (χ1v) is 7.80. The maximum atomic E-state index is 12.3. The minimum atomic E-state index is -3.78. The average molecular weight is 302 g/mol. The fourth-order valence-electron chi connectivity index (χ4n) is 1.72. The molecule has 0 atom stereocenters. The lowest BCUT2D eigenvalue weighted by Crippen LogP contribution is -2.44. The van der Waals surface area contributed by atoms with Crippen LogP contribution in [0.4, 0.5) is 0 Å². The Bertz CT molecular complexity index is 528. The number of carbonyl (C=O) groups is 1. The van der Waals surface area contributed by atoms with Gasteiger partial charge in [-0.2, -0.15) is 0 Å². The molecule has 0 aliphatic rings. The van der Waals surface area contributed by atoms with Crippen molar-refractivity contribution in [2.75, 3.05) is 19.0 Å². The number of phenols is 1. The van der Waals surface area contributed by atoms with Gasteiger partial charge >= 0.3 is 0 Å². The Morgan fingerprint density at radius 2 is 1.65 bits per heavy atom. The van der Waals surface area contributed by atoms with Gasteiger partial charge in [-0.25, -0.2) is 8.42 Å². The molecule has 0 unspecified atom stereocenters. The number of benzene rings is 1. The zero-order chi connectivity index (χ0) is 15.2. The number of rotatable bonds is 8. The summed E-state index contributed by atoms with van der Waals surface area (Å²) < 4.78 is 34.9. The van der Waals surface area contributed by atoms with Gasteiger partial charge < -0.3 is 14.6 Å². The van der Waals surface area contributed by atoms with Crippen molar-refractivity contribution >= 4 is 16.1 Å². The number of aromatic hydroxyl groups is 1. The molecule has 0 saturated heterocycles. The van der Waals surface area contributed by atoms with Gasteiger partial charge in [0, 0.05) is 13.2 Å². The van der Waals surface area contributed by atoms with E-state index in [2.05, 4.69) is 0 Å². The predicted octanol–water partition coefficient (Wildman–Crippen LogP) is 1.13. The zero-order valence-corrected chi connectivity index (χ0v) is 12.2. The number of hydrogen-bond acceptors (Lipinski definition) is 6. The van der Waals surface area contributed by atoms with Gasteiger partial charge in [-0.15, -0.1) is 0 Å². The van der Waals surface area contributed by atoms with Gasteiger partial charge in [-0.1, -0.05) is 0 Å². The summed E-state index contributed by atoms with van der Waals surface area (Å²) in [6.07, 6.45) is 0.359. The highest BCUT2D eigenvalue weighted by Crippen LogP contribution is 2.21. The summed E-state index contributed by atoms with van der Waals surface area (Å²) in [4.78, 5) is 11.2. The van der Waals surface area contributed by atoms with Crippen LogP contribution in [0.15, 0.2) is 29.2 Å². The van der Waals surface area contributed by atoms with Crippen molar-refractivity contribution < 1.29 is 27.8 Å². The van der Waals surface area contributed by atoms with E-state index in [1.54, 1.807) is 13.8 Å². The smallest absolute Gasteiger partial charge is 0.240 e. The van der Waals surface area contributed by atoms with E-state index in [4.69, 9.17) is 14.6 Å². The summed E-state index contributed by atoms with van der Waals surface area (Å²) in [7, 11) is -3.78. The van der Waals surface area contributed by atoms with Gasteiger partial charge in [0.05, 0.1) is 4.90 Å². The van der Waals surface area contributed by atoms with E-state index in [-0.39, 0.29) is 23.9 Å². The van der Waals surface area contributed by atoms with Crippen LogP contribution in [0.25, 0.3) is 0 Å². The van der Waals surface area contributed by atoms with E-state index in [9.17, 15) is 13.2 Å². The second-order valence-electron chi connectivity index (χ2n) is 4.05. The van der Waals surface area contributed by atoms with Crippen LogP contribution in [0, 0.1) is 0 Å². The van der Waals surface area contributed by atoms with Crippen molar-refractivity contribution in [3.63, 3.8) is 0 Å². The molecule has 0 aliphatic carbocycles. The maximum absolute atomic E-state index is 12.3. The SMILES string of the molecule is CCOC(C=O)(CS(=O)(=O)c1ccc(O)cc1)OCC. The van der Waals surface area contributed by atoms with Crippen LogP contribution in [0.3, 0.4) is 0 Å². The lowest BCUT2D eigenvalue weighted by Gasteiger charge is -2.27. The van der Waals surface area contributed by atoms with Crippen LogP contribution in [0.5, 0.6) is 5.75 Å². The lowest BCUT2D eigenvalue weighted by molar-refractivity contribution is -0.204. The maximum Gasteiger partial charge on any atom is 0.240 e. The molecular formula is C13H18O6S. The highest BCUT2D eigenvalue weighted by molar-refractivity contribution is 7.91. The van der Waals surface area contributed by atoms with Gasteiger partial charge in [0.2, 0.25) is 5.79 Å². The Kier molecular flexibility index (Phi) is 5.67. The Balaban J connectivity index is 3.07. The van der Waals surface area contributed by atoms with Crippen molar-refractivity contribution in [3.05, 3.63) is 24.3 Å². The molecule has 0 radical (unpaired) electrons. The molecule has 0 heterocycles. The van der Waals surface area contributed by atoms with Gasteiger partial charge in [0.1, 0.15) is 11.5 Å². The molecule has 6 nitrogen and oxygen atoms in total. The van der Waals surface area contributed by atoms with Gasteiger partial charge in [-0.3, -0.25) is 4.79 Å². The molecule has 1 rings (SSSR count). The minimum Gasteiger partial charge on any atom is -0.508 e. The third-order valence-corrected chi connectivity index (χ3v) is 4.32. The van der Waals surface area contributed by atoms with Crippen LogP contribution < -0.4 is 0 Å². The molecule has 20 heavy (non-hydrogen) atoms. The van der Waals surface area contributed by atoms with E-state index in [1.807, 2.05) is 0 Å². The van der Waals surface area contributed by atoms with Gasteiger partial charge in [0.25, 0.3) is 0 Å². The second kappa shape index (κ2) is 6.83. The normalized spacial score (nSPS) is 12.3. The van der Waals surface area contributed by atoms with Crippen molar-refractivity contribution in [2.45, 2.75) is 24.5 Å². The standard InChI is InChI=1S/C13H18O6S/c1-3-18-13(9-14,19-4-2)10-20(16,17)12-7-5-11(15)6-8-12/h5-9,15H,3-4,10H2,1-2H3. The predicted molar refractivity (Wildman–Crippen MR) is 72.2 cm³/mol. The number of ether oxygens (including phenoxy) is 2. The molecule has 0 aliphatic heterocycles. The number of hydrogen-bond donors (Lipinski definition) is 1. The van der Waals surface area contributed by atoms with Crippen LogP contribution in [0.2, 0.25) is 0 Å². The lowest BCUT2D eigenvalue weighted by atomic mass is 10.3. The first-order valence-electron chi connectivity index (χ1n) is 6.15. The fourth-order valence-corrected chi connectivity index (χ4v) is 3.20. The van der Waals surface area contributed by atoms with Gasteiger partial charge in [0.15, 0.2) is 16.1 Å². The summed E-state index contributed by atoms with van der Waals surface area (Å²) in [6, 6.07) is 5.05. The summed E-state index contributed by atoms with van der Waals surface area (Å²) in [5.41, 5.74) is 0. The minimum absolute atomic E-state index is 0.0130. The Labute approximate surface area is 118 Å². The monoisotopic (exact) mass is 302 g/mol. The molecule has 0 aromatic heterocycles.